The SMILES string of the molecule is Cc1cc(O)cc(C2CCCCN2)c1F. The van der Waals surface area contributed by atoms with Crippen molar-refractivity contribution < 1.29 is 9.50 Å². The van der Waals surface area contributed by atoms with Gasteiger partial charge in [-0.15, -0.1) is 0 Å². The van der Waals surface area contributed by atoms with E-state index < -0.39 is 0 Å². The Morgan fingerprint density at radius 2 is 2.20 bits per heavy atom. The average Bonchev–Trinajstić information content (AvgIpc) is 2.24. The minimum absolute atomic E-state index is 0.0598. The van der Waals surface area contributed by atoms with Crippen LogP contribution in [0, 0.1) is 12.7 Å². The lowest BCUT2D eigenvalue weighted by molar-refractivity contribution is 0.395. The highest BCUT2D eigenvalue weighted by Crippen LogP contribution is 2.29. The summed E-state index contributed by atoms with van der Waals surface area (Å²) in [7, 11) is 0. The van der Waals surface area contributed by atoms with Crippen molar-refractivity contribution in [1.82, 2.24) is 5.32 Å². The van der Waals surface area contributed by atoms with Gasteiger partial charge in [0, 0.05) is 11.6 Å². The molecule has 1 aromatic carbocycles. The monoisotopic (exact) mass is 209 g/mol. The molecule has 1 heterocycles. The first-order chi connectivity index (χ1) is 7.18. The highest BCUT2D eigenvalue weighted by atomic mass is 19.1. The van der Waals surface area contributed by atoms with Crippen molar-refractivity contribution in [1.29, 1.82) is 0 Å². The molecular formula is C12H16FNO. The first-order valence-electron chi connectivity index (χ1n) is 5.41. The summed E-state index contributed by atoms with van der Waals surface area (Å²) in [6.45, 7) is 2.61. The van der Waals surface area contributed by atoms with Crippen LogP contribution in [0.2, 0.25) is 0 Å². The fourth-order valence-corrected chi connectivity index (χ4v) is 2.15. The third-order valence-corrected chi connectivity index (χ3v) is 2.95. The van der Waals surface area contributed by atoms with Crippen LogP contribution >= 0.6 is 0 Å². The maximum absolute atomic E-state index is 13.8. The second kappa shape index (κ2) is 4.19. The first-order valence-corrected chi connectivity index (χ1v) is 5.41. The molecule has 82 valence electrons. The molecule has 1 fully saturated rings. The number of rotatable bonds is 1. The summed E-state index contributed by atoms with van der Waals surface area (Å²) < 4.78 is 13.8. The number of halogens is 1. The molecule has 0 spiro atoms. The fourth-order valence-electron chi connectivity index (χ4n) is 2.15. The van der Waals surface area contributed by atoms with E-state index in [9.17, 15) is 9.50 Å². The van der Waals surface area contributed by atoms with E-state index in [1.807, 2.05) is 0 Å². The molecule has 1 aliphatic rings. The molecule has 1 saturated heterocycles. The number of nitrogens with one attached hydrogen (secondary N) is 1. The predicted molar refractivity (Wildman–Crippen MR) is 57.4 cm³/mol. The highest BCUT2D eigenvalue weighted by Gasteiger charge is 2.19. The highest BCUT2D eigenvalue weighted by molar-refractivity contribution is 5.36. The summed E-state index contributed by atoms with van der Waals surface area (Å²) in [5.74, 6) is -0.0385. The van der Waals surface area contributed by atoms with Crippen LogP contribution in [0.3, 0.4) is 0 Å². The minimum atomic E-state index is -0.188. The Kier molecular flexibility index (Phi) is 2.91. The number of phenolic OH excluding ortho intramolecular Hbond substituents is 1. The smallest absolute Gasteiger partial charge is 0.131 e. The van der Waals surface area contributed by atoms with E-state index in [0.29, 0.717) is 11.1 Å². The summed E-state index contributed by atoms with van der Waals surface area (Å²) >= 11 is 0. The maximum Gasteiger partial charge on any atom is 0.131 e. The zero-order chi connectivity index (χ0) is 10.8. The van der Waals surface area contributed by atoms with E-state index in [1.54, 1.807) is 6.92 Å². The third kappa shape index (κ3) is 2.12. The molecule has 0 amide bonds. The quantitative estimate of drug-likeness (QED) is 0.745. The van der Waals surface area contributed by atoms with E-state index in [-0.39, 0.29) is 17.6 Å². The van der Waals surface area contributed by atoms with Crippen molar-refractivity contribution in [2.75, 3.05) is 6.54 Å². The van der Waals surface area contributed by atoms with Gasteiger partial charge in [0.1, 0.15) is 11.6 Å². The van der Waals surface area contributed by atoms with Crippen molar-refractivity contribution in [2.45, 2.75) is 32.2 Å². The van der Waals surface area contributed by atoms with E-state index in [4.69, 9.17) is 0 Å². The topological polar surface area (TPSA) is 32.3 Å². The molecule has 2 N–H and O–H groups in total. The van der Waals surface area contributed by atoms with Crippen LogP contribution in [0.25, 0.3) is 0 Å². The van der Waals surface area contributed by atoms with Gasteiger partial charge in [-0.05, 0) is 44.0 Å². The van der Waals surface area contributed by atoms with Crippen molar-refractivity contribution in [3.8, 4) is 5.75 Å². The lowest BCUT2D eigenvalue weighted by atomic mass is 9.95. The lowest BCUT2D eigenvalue weighted by Crippen LogP contribution is -2.27. The van der Waals surface area contributed by atoms with Crippen molar-refractivity contribution >= 4 is 0 Å². The number of aryl methyl sites for hydroxylation is 1. The molecule has 2 nitrogen and oxygen atoms in total. The Labute approximate surface area is 89.1 Å². The van der Waals surface area contributed by atoms with Gasteiger partial charge in [-0.2, -0.15) is 0 Å². The summed E-state index contributed by atoms with van der Waals surface area (Å²) in [5, 5.41) is 12.7. The molecular weight excluding hydrogens is 193 g/mol. The summed E-state index contributed by atoms with van der Waals surface area (Å²) in [6, 6.07) is 3.05. The molecule has 0 saturated carbocycles. The Balaban J connectivity index is 2.33. The molecule has 1 aliphatic heterocycles. The van der Waals surface area contributed by atoms with Gasteiger partial charge < -0.3 is 10.4 Å². The molecule has 1 atom stereocenters. The van der Waals surface area contributed by atoms with Gasteiger partial charge in [0.05, 0.1) is 0 Å². The average molecular weight is 209 g/mol. The van der Waals surface area contributed by atoms with E-state index >= 15 is 0 Å². The molecule has 0 aromatic heterocycles. The normalized spacial score (nSPS) is 21.6. The number of hydrogen-bond donors (Lipinski definition) is 2. The fraction of sp³-hybridized carbons (Fsp3) is 0.500. The molecule has 0 radical (unpaired) electrons. The Morgan fingerprint density at radius 1 is 1.40 bits per heavy atom. The van der Waals surface area contributed by atoms with Gasteiger partial charge >= 0.3 is 0 Å². The van der Waals surface area contributed by atoms with Gasteiger partial charge in [-0.25, -0.2) is 4.39 Å². The van der Waals surface area contributed by atoms with Crippen LogP contribution in [-0.4, -0.2) is 11.7 Å². The van der Waals surface area contributed by atoms with Crippen LogP contribution < -0.4 is 5.32 Å². The van der Waals surface area contributed by atoms with Crippen LogP contribution in [-0.2, 0) is 0 Å². The van der Waals surface area contributed by atoms with Crippen molar-refractivity contribution in [2.24, 2.45) is 0 Å². The van der Waals surface area contributed by atoms with E-state index in [1.165, 1.54) is 12.1 Å². The first kappa shape index (κ1) is 10.4. The Morgan fingerprint density at radius 3 is 2.87 bits per heavy atom. The molecule has 3 heteroatoms. The van der Waals surface area contributed by atoms with Gasteiger partial charge in [-0.3, -0.25) is 0 Å². The zero-order valence-corrected chi connectivity index (χ0v) is 8.89. The molecule has 0 bridgehead atoms. The van der Waals surface area contributed by atoms with Gasteiger partial charge in [-0.1, -0.05) is 6.42 Å². The van der Waals surface area contributed by atoms with Gasteiger partial charge in [0.15, 0.2) is 0 Å². The molecule has 2 rings (SSSR count). The predicted octanol–water partition coefficient (Wildman–Crippen LogP) is 2.65. The van der Waals surface area contributed by atoms with Crippen molar-refractivity contribution in [3.63, 3.8) is 0 Å². The summed E-state index contributed by atoms with van der Waals surface area (Å²) in [4.78, 5) is 0. The second-order valence-corrected chi connectivity index (χ2v) is 4.17. The van der Waals surface area contributed by atoms with Crippen LogP contribution in [0.1, 0.15) is 36.4 Å². The largest absolute Gasteiger partial charge is 0.508 e. The van der Waals surface area contributed by atoms with E-state index in [0.717, 1.165) is 25.8 Å². The van der Waals surface area contributed by atoms with Crippen molar-refractivity contribution in [3.05, 3.63) is 29.1 Å². The van der Waals surface area contributed by atoms with Crippen LogP contribution in [0.4, 0.5) is 4.39 Å². The minimum Gasteiger partial charge on any atom is -0.508 e. The zero-order valence-electron chi connectivity index (χ0n) is 8.89. The van der Waals surface area contributed by atoms with Crippen LogP contribution in [0.15, 0.2) is 12.1 Å². The molecule has 1 aromatic rings. The lowest BCUT2D eigenvalue weighted by Gasteiger charge is -2.24. The number of benzene rings is 1. The summed E-state index contributed by atoms with van der Waals surface area (Å²) in [6.07, 6.45) is 3.21. The van der Waals surface area contributed by atoms with E-state index in [2.05, 4.69) is 5.32 Å². The standard InChI is InChI=1S/C12H16FNO/c1-8-6-9(15)7-10(12(8)13)11-4-2-3-5-14-11/h6-7,11,14-15H,2-5H2,1H3. The summed E-state index contributed by atoms with van der Waals surface area (Å²) in [5.41, 5.74) is 1.12. The Hall–Kier alpha value is -1.09. The van der Waals surface area contributed by atoms with Gasteiger partial charge in [0.2, 0.25) is 0 Å². The third-order valence-electron chi connectivity index (χ3n) is 2.95. The maximum atomic E-state index is 13.8. The molecule has 0 aliphatic carbocycles. The number of piperidine rings is 1. The van der Waals surface area contributed by atoms with Gasteiger partial charge in [0.25, 0.3) is 0 Å². The number of hydrogen-bond acceptors (Lipinski definition) is 2. The molecule has 1 unspecified atom stereocenters. The number of aromatic hydroxyl groups is 1. The second-order valence-electron chi connectivity index (χ2n) is 4.17. The molecule has 15 heavy (non-hydrogen) atoms. The Bertz CT molecular complexity index is 359. The van der Waals surface area contributed by atoms with Crippen LogP contribution in [0.5, 0.6) is 5.75 Å². The number of phenols is 1.